The maximum Gasteiger partial charge on any atom is 0.0652 e. The van der Waals surface area contributed by atoms with Crippen molar-refractivity contribution in [1.82, 2.24) is 10.6 Å². The van der Waals surface area contributed by atoms with Crippen LogP contribution in [0.1, 0.15) is 5.56 Å². The predicted octanol–water partition coefficient (Wildman–Crippen LogP) is 4.72. The Morgan fingerprint density at radius 2 is 1.48 bits per heavy atom. The Bertz CT molecular complexity index is 1120. The summed E-state index contributed by atoms with van der Waals surface area (Å²) in [7, 11) is 0. The van der Waals surface area contributed by atoms with E-state index >= 15 is 0 Å². The van der Waals surface area contributed by atoms with E-state index in [1.807, 2.05) is 0 Å². The highest BCUT2D eigenvalue weighted by atomic mass is 15.1. The first-order chi connectivity index (χ1) is 12.4. The molecule has 122 valence electrons. The molecule has 1 aliphatic rings. The van der Waals surface area contributed by atoms with Crippen LogP contribution in [0.5, 0.6) is 0 Å². The molecule has 2 N–H and O–H groups in total. The molecule has 1 heterocycles. The first-order valence-corrected chi connectivity index (χ1v) is 8.85. The van der Waals surface area contributed by atoms with Crippen molar-refractivity contribution in [2.75, 3.05) is 13.2 Å². The van der Waals surface area contributed by atoms with Crippen molar-refractivity contribution >= 4 is 32.3 Å². The smallest absolute Gasteiger partial charge is 0.0652 e. The molecule has 0 fully saturated rings. The molecule has 0 saturated carbocycles. The molecule has 0 atom stereocenters. The Morgan fingerprint density at radius 1 is 0.720 bits per heavy atom. The van der Waals surface area contributed by atoms with Gasteiger partial charge in [-0.2, -0.15) is 0 Å². The lowest BCUT2D eigenvalue weighted by atomic mass is 9.95. The quantitative estimate of drug-likeness (QED) is 0.521. The fraction of sp³-hybridized carbons (Fsp3) is 0.130. The summed E-state index contributed by atoms with van der Waals surface area (Å²) in [5.41, 5.74) is 2.66. The standard InChI is InChI=1S/C23H20N2/c1-2-4-20-17(3-1)6-9-23-21-8-5-16(13-18(21)7-10-22(20)23)14-19-11-12-24-15-25-19/h1-11,13,24-25H,12,14-15H2. The van der Waals surface area contributed by atoms with Crippen LogP contribution in [0, 0.1) is 0 Å². The van der Waals surface area contributed by atoms with E-state index in [-0.39, 0.29) is 0 Å². The number of nitrogens with one attached hydrogen (secondary N) is 2. The lowest BCUT2D eigenvalue weighted by Crippen LogP contribution is -2.34. The third-order valence-corrected chi connectivity index (χ3v) is 5.13. The third-order valence-electron chi connectivity index (χ3n) is 5.13. The third kappa shape index (κ3) is 2.55. The highest BCUT2D eigenvalue weighted by Gasteiger charge is 2.07. The Morgan fingerprint density at radius 3 is 2.32 bits per heavy atom. The molecule has 0 saturated heterocycles. The maximum absolute atomic E-state index is 3.42. The summed E-state index contributed by atoms with van der Waals surface area (Å²) in [5.74, 6) is 0. The second kappa shape index (κ2) is 5.91. The van der Waals surface area contributed by atoms with Gasteiger partial charge in [0, 0.05) is 18.7 Å². The molecule has 1 aliphatic heterocycles. The highest BCUT2D eigenvalue weighted by molar-refractivity contribution is 6.17. The molecule has 5 rings (SSSR count). The van der Waals surface area contributed by atoms with Gasteiger partial charge in [-0.15, -0.1) is 0 Å². The van der Waals surface area contributed by atoms with E-state index in [4.69, 9.17) is 0 Å². The SMILES string of the molecule is C1=C(Cc2ccc3c(ccc4c5ccccc5ccc34)c2)NCNC1. The van der Waals surface area contributed by atoms with Crippen molar-refractivity contribution in [2.24, 2.45) is 0 Å². The second-order valence-electron chi connectivity index (χ2n) is 6.72. The van der Waals surface area contributed by atoms with Crippen LogP contribution in [0.4, 0.5) is 0 Å². The Labute approximate surface area is 147 Å². The van der Waals surface area contributed by atoms with Crippen molar-refractivity contribution in [3.8, 4) is 0 Å². The zero-order valence-corrected chi connectivity index (χ0v) is 14.0. The van der Waals surface area contributed by atoms with Crippen LogP contribution in [0.2, 0.25) is 0 Å². The minimum absolute atomic E-state index is 0.858. The fourth-order valence-corrected chi connectivity index (χ4v) is 3.86. The summed E-state index contributed by atoms with van der Waals surface area (Å²) in [6.07, 6.45) is 3.20. The number of allylic oxidation sites excluding steroid dienone is 1. The number of fused-ring (bicyclic) bond motifs is 5. The maximum atomic E-state index is 3.42. The molecule has 0 aromatic heterocycles. The topological polar surface area (TPSA) is 24.1 Å². The van der Waals surface area contributed by atoms with Gasteiger partial charge in [0.2, 0.25) is 0 Å². The molecule has 0 amide bonds. The summed E-state index contributed by atoms with van der Waals surface area (Å²) in [5, 5.41) is 14.6. The van der Waals surface area contributed by atoms with E-state index in [0.717, 1.165) is 19.6 Å². The van der Waals surface area contributed by atoms with Crippen molar-refractivity contribution in [3.05, 3.63) is 84.1 Å². The molecule has 2 nitrogen and oxygen atoms in total. The minimum Gasteiger partial charge on any atom is -0.376 e. The molecule has 0 bridgehead atoms. The van der Waals surface area contributed by atoms with Gasteiger partial charge in [-0.3, -0.25) is 5.32 Å². The van der Waals surface area contributed by atoms with Gasteiger partial charge < -0.3 is 5.32 Å². The lowest BCUT2D eigenvalue weighted by molar-refractivity contribution is 0.626. The largest absolute Gasteiger partial charge is 0.376 e. The highest BCUT2D eigenvalue weighted by Crippen LogP contribution is 2.31. The van der Waals surface area contributed by atoms with E-state index in [1.165, 1.54) is 43.6 Å². The van der Waals surface area contributed by atoms with Crippen LogP contribution < -0.4 is 10.6 Å². The van der Waals surface area contributed by atoms with Gasteiger partial charge >= 0.3 is 0 Å². The predicted molar refractivity (Wildman–Crippen MR) is 107 cm³/mol. The second-order valence-corrected chi connectivity index (χ2v) is 6.72. The molecule has 0 radical (unpaired) electrons. The summed E-state index contributed by atoms with van der Waals surface area (Å²) in [6, 6.07) is 24.5. The van der Waals surface area contributed by atoms with Gasteiger partial charge in [0.25, 0.3) is 0 Å². The number of hydrogen-bond donors (Lipinski definition) is 2. The van der Waals surface area contributed by atoms with E-state index < -0.39 is 0 Å². The zero-order chi connectivity index (χ0) is 16.6. The monoisotopic (exact) mass is 324 g/mol. The van der Waals surface area contributed by atoms with Crippen molar-refractivity contribution in [1.29, 1.82) is 0 Å². The fourth-order valence-electron chi connectivity index (χ4n) is 3.86. The first-order valence-electron chi connectivity index (χ1n) is 8.85. The number of hydrogen-bond acceptors (Lipinski definition) is 2. The van der Waals surface area contributed by atoms with Crippen LogP contribution >= 0.6 is 0 Å². The van der Waals surface area contributed by atoms with E-state index in [0.29, 0.717) is 0 Å². The summed E-state index contributed by atoms with van der Waals surface area (Å²) >= 11 is 0. The van der Waals surface area contributed by atoms with Gasteiger partial charge in [0.15, 0.2) is 0 Å². The molecular weight excluding hydrogens is 304 g/mol. The molecule has 0 spiro atoms. The molecule has 2 heteroatoms. The van der Waals surface area contributed by atoms with Gasteiger partial charge in [-0.25, -0.2) is 0 Å². The molecule has 25 heavy (non-hydrogen) atoms. The van der Waals surface area contributed by atoms with E-state index in [9.17, 15) is 0 Å². The Balaban J connectivity index is 1.64. The molecular formula is C23H20N2. The molecule has 4 aromatic rings. The van der Waals surface area contributed by atoms with Crippen LogP contribution in [0.25, 0.3) is 32.3 Å². The average molecular weight is 324 g/mol. The van der Waals surface area contributed by atoms with Crippen molar-refractivity contribution in [3.63, 3.8) is 0 Å². The van der Waals surface area contributed by atoms with Gasteiger partial charge in [-0.05, 0) is 37.9 Å². The van der Waals surface area contributed by atoms with Crippen LogP contribution in [-0.4, -0.2) is 13.2 Å². The molecule has 0 unspecified atom stereocenters. The summed E-state index contributed by atoms with van der Waals surface area (Å²) in [6.45, 7) is 1.81. The normalized spacial score (nSPS) is 14.6. The van der Waals surface area contributed by atoms with Gasteiger partial charge in [0.05, 0.1) is 6.67 Å². The lowest BCUT2D eigenvalue weighted by Gasteiger charge is -2.17. The zero-order valence-electron chi connectivity index (χ0n) is 14.0. The summed E-state index contributed by atoms with van der Waals surface area (Å²) in [4.78, 5) is 0. The minimum atomic E-state index is 0.858. The van der Waals surface area contributed by atoms with Gasteiger partial charge in [-0.1, -0.05) is 72.8 Å². The van der Waals surface area contributed by atoms with Crippen LogP contribution in [0.15, 0.2) is 78.5 Å². The number of rotatable bonds is 2. The Kier molecular flexibility index (Phi) is 3.43. The van der Waals surface area contributed by atoms with Crippen LogP contribution in [-0.2, 0) is 6.42 Å². The summed E-state index contributed by atoms with van der Waals surface area (Å²) < 4.78 is 0. The van der Waals surface area contributed by atoms with Crippen LogP contribution in [0.3, 0.4) is 0 Å². The van der Waals surface area contributed by atoms with E-state index in [1.54, 1.807) is 0 Å². The number of benzene rings is 4. The first kappa shape index (κ1) is 14.5. The average Bonchev–Trinajstić information content (AvgIpc) is 2.68. The van der Waals surface area contributed by atoms with Crippen molar-refractivity contribution < 1.29 is 0 Å². The molecule has 0 aliphatic carbocycles. The Hall–Kier alpha value is -2.84. The molecule has 4 aromatic carbocycles. The van der Waals surface area contributed by atoms with Crippen molar-refractivity contribution in [2.45, 2.75) is 6.42 Å². The van der Waals surface area contributed by atoms with Gasteiger partial charge in [0.1, 0.15) is 0 Å². The van der Waals surface area contributed by atoms with E-state index in [2.05, 4.69) is 83.4 Å².